The van der Waals surface area contributed by atoms with E-state index in [0.29, 0.717) is 5.52 Å². The lowest BCUT2D eigenvalue weighted by Gasteiger charge is -2.08. The molecule has 2 rings (SSSR count). The molecule has 0 saturated heterocycles. The lowest BCUT2D eigenvalue weighted by molar-refractivity contribution is -0.140. The number of nitrogens with zero attached hydrogens (tertiary/aromatic N) is 3. The van der Waals surface area contributed by atoms with Crippen LogP contribution in [0.25, 0.3) is 5.52 Å². The molecule has 15 heavy (non-hydrogen) atoms. The Morgan fingerprint density at radius 1 is 1.60 bits per heavy atom. The fourth-order valence-electron chi connectivity index (χ4n) is 1.34. The zero-order valence-electron chi connectivity index (χ0n) is 7.99. The molecule has 2 heterocycles. The summed E-state index contributed by atoms with van der Waals surface area (Å²) in [5.41, 5.74) is 0.00972. The average Bonchev–Trinajstić information content (AvgIpc) is 2.66. The molecule has 0 bridgehead atoms. The quantitative estimate of drug-likeness (QED) is 0.760. The van der Waals surface area contributed by atoms with E-state index in [0.717, 1.165) is 4.68 Å². The molecule has 0 aliphatic rings. The van der Waals surface area contributed by atoms with Crippen molar-refractivity contribution in [1.82, 2.24) is 14.2 Å². The molecule has 0 aliphatic heterocycles. The smallest absolute Gasteiger partial charge is 0.328 e. The van der Waals surface area contributed by atoms with Crippen LogP contribution in [0.5, 0.6) is 0 Å². The van der Waals surface area contributed by atoms with E-state index >= 15 is 0 Å². The lowest BCUT2D eigenvalue weighted by atomic mass is 10.3. The van der Waals surface area contributed by atoms with Gasteiger partial charge >= 0.3 is 5.97 Å². The van der Waals surface area contributed by atoms with E-state index < -0.39 is 17.6 Å². The number of carboxylic acid groups (broad SMARTS) is 1. The van der Waals surface area contributed by atoms with Crippen molar-refractivity contribution in [3.8, 4) is 0 Å². The molecule has 0 aromatic carbocycles. The molecule has 0 aliphatic carbocycles. The topological polar surface area (TPSA) is 76.6 Å². The summed E-state index contributed by atoms with van der Waals surface area (Å²) >= 11 is 0. The number of rotatable bonds is 2. The van der Waals surface area contributed by atoms with Crippen LogP contribution in [0.1, 0.15) is 13.0 Å². The van der Waals surface area contributed by atoms with Gasteiger partial charge in [-0.15, -0.1) is 0 Å². The molecule has 0 unspecified atom stereocenters. The fraction of sp³-hybridized carbons (Fsp3) is 0.222. The third-order valence-electron chi connectivity index (χ3n) is 2.23. The normalized spacial score (nSPS) is 12.9. The number of aromatic nitrogens is 3. The van der Waals surface area contributed by atoms with E-state index in [1.54, 1.807) is 22.7 Å². The van der Waals surface area contributed by atoms with Gasteiger partial charge in [0.2, 0.25) is 0 Å². The summed E-state index contributed by atoms with van der Waals surface area (Å²) in [6, 6.07) is 2.36. The van der Waals surface area contributed by atoms with E-state index in [-0.39, 0.29) is 0 Å². The molecule has 6 nitrogen and oxygen atoms in total. The van der Waals surface area contributed by atoms with E-state index in [1.807, 2.05) is 0 Å². The van der Waals surface area contributed by atoms with Crippen LogP contribution in [-0.4, -0.2) is 25.3 Å². The first kappa shape index (κ1) is 9.45. The van der Waals surface area contributed by atoms with Gasteiger partial charge in [0.1, 0.15) is 11.8 Å². The summed E-state index contributed by atoms with van der Waals surface area (Å²) in [5.74, 6) is -1.08. The number of carboxylic acids is 1. The van der Waals surface area contributed by atoms with Crippen LogP contribution >= 0.6 is 0 Å². The molecule has 0 radical (unpaired) electrons. The maximum absolute atomic E-state index is 11.8. The van der Waals surface area contributed by atoms with Gasteiger partial charge in [-0.3, -0.25) is 4.79 Å². The van der Waals surface area contributed by atoms with E-state index in [2.05, 4.69) is 5.10 Å². The van der Waals surface area contributed by atoms with E-state index in [1.165, 1.54) is 13.3 Å². The Kier molecular flexibility index (Phi) is 2.03. The molecule has 6 heteroatoms. The van der Waals surface area contributed by atoms with Crippen LogP contribution in [0.4, 0.5) is 0 Å². The Labute approximate surface area is 84.4 Å². The second-order valence-corrected chi connectivity index (χ2v) is 3.20. The molecule has 1 N–H and O–H groups in total. The van der Waals surface area contributed by atoms with Gasteiger partial charge in [0.15, 0.2) is 6.04 Å². The first-order valence-electron chi connectivity index (χ1n) is 4.38. The Morgan fingerprint density at radius 2 is 2.33 bits per heavy atom. The Hall–Kier alpha value is -2.11. The molecule has 0 amide bonds. The third kappa shape index (κ3) is 1.39. The van der Waals surface area contributed by atoms with Gasteiger partial charge in [-0.2, -0.15) is 5.10 Å². The molecule has 0 saturated carbocycles. The van der Waals surface area contributed by atoms with Crippen molar-refractivity contribution in [3.63, 3.8) is 0 Å². The lowest BCUT2D eigenvalue weighted by Crippen LogP contribution is -2.31. The van der Waals surface area contributed by atoms with Gasteiger partial charge in [0.05, 0.1) is 0 Å². The predicted octanol–water partition coefficient (Wildman–Crippen LogP) is 0.142. The standard InChI is InChI=1S/C9H9N3O3/c1-6(9(14)15)12-8(13)7-3-2-4-11(7)5-10-12/h2-6H,1H3,(H,14,15)/t6-/m0/s1. The molecule has 78 valence electrons. The highest BCUT2D eigenvalue weighted by Gasteiger charge is 2.16. The number of hydrogen-bond acceptors (Lipinski definition) is 3. The minimum absolute atomic E-state index is 0.405. The summed E-state index contributed by atoms with van der Waals surface area (Å²) in [7, 11) is 0. The number of hydrogen-bond donors (Lipinski definition) is 1. The van der Waals surface area contributed by atoms with Crippen LogP contribution in [0.2, 0.25) is 0 Å². The van der Waals surface area contributed by atoms with Crippen LogP contribution in [0.3, 0.4) is 0 Å². The van der Waals surface area contributed by atoms with Crippen molar-refractivity contribution in [2.75, 3.05) is 0 Å². The van der Waals surface area contributed by atoms with Crippen LogP contribution in [-0.2, 0) is 4.79 Å². The van der Waals surface area contributed by atoms with Crippen molar-refractivity contribution < 1.29 is 9.90 Å². The second-order valence-electron chi connectivity index (χ2n) is 3.20. The fourth-order valence-corrected chi connectivity index (χ4v) is 1.34. The van der Waals surface area contributed by atoms with Gasteiger partial charge < -0.3 is 9.51 Å². The van der Waals surface area contributed by atoms with Crippen LogP contribution in [0, 0.1) is 0 Å². The van der Waals surface area contributed by atoms with Gasteiger partial charge in [-0.1, -0.05) is 0 Å². The first-order chi connectivity index (χ1) is 7.11. The number of carbonyl (C=O) groups is 1. The van der Waals surface area contributed by atoms with Gasteiger partial charge in [-0.05, 0) is 19.1 Å². The zero-order valence-corrected chi connectivity index (χ0v) is 7.99. The summed E-state index contributed by atoms with van der Waals surface area (Å²) in [5, 5.41) is 12.6. The van der Waals surface area contributed by atoms with Crippen LogP contribution < -0.4 is 5.56 Å². The molecular weight excluding hydrogens is 198 g/mol. The minimum Gasteiger partial charge on any atom is -0.480 e. The predicted molar refractivity (Wildman–Crippen MR) is 51.8 cm³/mol. The summed E-state index contributed by atoms with van der Waals surface area (Å²) in [6.07, 6.45) is 3.09. The molecule has 1 atom stereocenters. The molecule has 0 spiro atoms. The number of aliphatic carboxylic acids is 1. The monoisotopic (exact) mass is 207 g/mol. The maximum Gasteiger partial charge on any atom is 0.328 e. The van der Waals surface area contributed by atoms with E-state index in [4.69, 9.17) is 5.11 Å². The highest BCUT2D eigenvalue weighted by Crippen LogP contribution is 2.02. The summed E-state index contributed by atoms with van der Waals surface area (Å²) in [6.45, 7) is 1.41. The van der Waals surface area contributed by atoms with Gasteiger partial charge in [-0.25, -0.2) is 9.48 Å². The Balaban J connectivity index is 2.67. The largest absolute Gasteiger partial charge is 0.480 e. The van der Waals surface area contributed by atoms with Crippen molar-refractivity contribution in [2.24, 2.45) is 0 Å². The third-order valence-corrected chi connectivity index (χ3v) is 2.23. The van der Waals surface area contributed by atoms with Crippen molar-refractivity contribution >= 4 is 11.5 Å². The summed E-state index contributed by atoms with van der Waals surface area (Å²) in [4.78, 5) is 22.5. The highest BCUT2D eigenvalue weighted by atomic mass is 16.4. The molecular formula is C9H9N3O3. The molecule has 2 aromatic heterocycles. The van der Waals surface area contributed by atoms with Gasteiger partial charge in [0.25, 0.3) is 5.56 Å². The van der Waals surface area contributed by atoms with Crippen molar-refractivity contribution in [2.45, 2.75) is 13.0 Å². The van der Waals surface area contributed by atoms with Crippen molar-refractivity contribution in [1.29, 1.82) is 0 Å². The van der Waals surface area contributed by atoms with Gasteiger partial charge in [0, 0.05) is 6.20 Å². The second kappa shape index (κ2) is 3.23. The zero-order chi connectivity index (χ0) is 11.0. The molecule has 2 aromatic rings. The highest BCUT2D eigenvalue weighted by molar-refractivity contribution is 5.71. The first-order valence-corrected chi connectivity index (χ1v) is 4.38. The Morgan fingerprint density at radius 3 is 3.00 bits per heavy atom. The number of fused-ring (bicyclic) bond motifs is 1. The average molecular weight is 207 g/mol. The van der Waals surface area contributed by atoms with E-state index in [9.17, 15) is 9.59 Å². The SMILES string of the molecule is C[C@@H](C(=O)O)n1ncn2cccc2c1=O. The Bertz CT molecular complexity index is 569. The van der Waals surface area contributed by atoms with Crippen molar-refractivity contribution in [3.05, 3.63) is 35.0 Å². The molecule has 0 fully saturated rings. The maximum atomic E-state index is 11.8. The van der Waals surface area contributed by atoms with Crippen LogP contribution in [0.15, 0.2) is 29.5 Å². The minimum atomic E-state index is -1.08. The summed E-state index contributed by atoms with van der Waals surface area (Å²) < 4.78 is 2.51.